The Kier molecular flexibility index (Phi) is 5.66. The van der Waals surface area contributed by atoms with Gasteiger partial charge in [-0.25, -0.2) is 8.42 Å². The lowest BCUT2D eigenvalue weighted by atomic mass is 10.1. The van der Waals surface area contributed by atoms with Crippen molar-refractivity contribution in [3.8, 4) is 11.5 Å². The summed E-state index contributed by atoms with van der Waals surface area (Å²) < 4.78 is 39.2. The molecular formula is C18H23NO4S2. The summed E-state index contributed by atoms with van der Waals surface area (Å²) in [4.78, 5) is 1.25. The minimum absolute atomic E-state index is 0.122. The van der Waals surface area contributed by atoms with Crippen LogP contribution in [0.5, 0.6) is 11.5 Å². The summed E-state index contributed by atoms with van der Waals surface area (Å²) in [5.41, 5.74) is 0. The summed E-state index contributed by atoms with van der Waals surface area (Å²) in [5.74, 6) is 0.844. The van der Waals surface area contributed by atoms with Gasteiger partial charge in [0.15, 0.2) is 0 Å². The zero-order valence-corrected chi connectivity index (χ0v) is 16.1. The lowest BCUT2D eigenvalue weighted by molar-refractivity contribution is 0.329. The summed E-state index contributed by atoms with van der Waals surface area (Å²) in [5, 5.41) is 2.00. The van der Waals surface area contributed by atoms with E-state index in [0.29, 0.717) is 18.0 Å². The van der Waals surface area contributed by atoms with E-state index in [1.807, 2.05) is 17.5 Å². The SMILES string of the molecule is COc1ccc(OC)c(S(=O)(=O)N2CCCCC[C@@H]2c2cccs2)c1. The van der Waals surface area contributed by atoms with Gasteiger partial charge in [0.2, 0.25) is 10.0 Å². The van der Waals surface area contributed by atoms with Gasteiger partial charge in [0, 0.05) is 17.5 Å². The first-order valence-electron chi connectivity index (χ1n) is 8.35. The number of ether oxygens (including phenoxy) is 2. The van der Waals surface area contributed by atoms with Crippen molar-refractivity contribution >= 4 is 21.4 Å². The largest absolute Gasteiger partial charge is 0.497 e. The zero-order valence-electron chi connectivity index (χ0n) is 14.5. The number of thiophene rings is 1. The van der Waals surface area contributed by atoms with Crippen molar-refractivity contribution in [3.63, 3.8) is 0 Å². The smallest absolute Gasteiger partial charge is 0.247 e. The van der Waals surface area contributed by atoms with Crippen molar-refractivity contribution in [1.29, 1.82) is 0 Å². The first-order valence-corrected chi connectivity index (χ1v) is 10.7. The molecule has 0 unspecified atom stereocenters. The third-order valence-corrected chi connectivity index (χ3v) is 7.44. The van der Waals surface area contributed by atoms with Crippen molar-refractivity contribution in [1.82, 2.24) is 4.31 Å². The normalized spacial score (nSPS) is 19.4. The Labute approximate surface area is 153 Å². The van der Waals surface area contributed by atoms with Gasteiger partial charge >= 0.3 is 0 Å². The summed E-state index contributed by atoms with van der Waals surface area (Å²) in [6.07, 6.45) is 3.78. The van der Waals surface area contributed by atoms with E-state index < -0.39 is 10.0 Å². The fourth-order valence-corrected chi connectivity index (χ4v) is 6.03. The molecule has 2 heterocycles. The molecule has 0 bridgehead atoms. The Bertz CT molecular complexity index is 802. The van der Waals surface area contributed by atoms with E-state index in [-0.39, 0.29) is 10.9 Å². The molecule has 1 aliphatic heterocycles. The van der Waals surface area contributed by atoms with Gasteiger partial charge in [-0.2, -0.15) is 4.31 Å². The fourth-order valence-electron chi connectivity index (χ4n) is 3.25. The van der Waals surface area contributed by atoms with Crippen molar-refractivity contribution in [2.75, 3.05) is 20.8 Å². The van der Waals surface area contributed by atoms with Gasteiger partial charge in [0.05, 0.1) is 20.3 Å². The summed E-state index contributed by atoms with van der Waals surface area (Å²) in [7, 11) is -0.688. The van der Waals surface area contributed by atoms with E-state index in [2.05, 4.69) is 0 Å². The van der Waals surface area contributed by atoms with Crippen LogP contribution in [0, 0.1) is 0 Å². The molecule has 0 saturated carbocycles. The lowest BCUT2D eigenvalue weighted by Gasteiger charge is -2.29. The number of methoxy groups -OCH3 is 2. The molecule has 5 nitrogen and oxygen atoms in total. The maximum Gasteiger partial charge on any atom is 0.247 e. The van der Waals surface area contributed by atoms with Crippen LogP contribution >= 0.6 is 11.3 Å². The second-order valence-corrected chi connectivity index (χ2v) is 8.85. The average Bonchev–Trinajstić information content (AvgIpc) is 3.04. The van der Waals surface area contributed by atoms with Crippen molar-refractivity contribution in [3.05, 3.63) is 40.6 Å². The average molecular weight is 382 g/mol. The number of hydrogen-bond donors (Lipinski definition) is 0. The third kappa shape index (κ3) is 3.68. The Morgan fingerprint density at radius 1 is 1.12 bits per heavy atom. The molecule has 1 aromatic heterocycles. The Balaban J connectivity index is 2.07. The van der Waals surface area contributed by atoms with Crippen LogP contribution in [0.4, 0.5) is 0 Å². The van der Waals surface area contributed by atoms with Crippen LogP contribution in [0.15, 0.2) is 40.6 Å². The van der Waals surface area contributed by atoms with E-state index in [9.17, 15) is 8.42 Å². The minimum Gasteiger partial charge on any atom is -0.497 e. The standard InChI is InChI=1S/C18H23NO4S2/c1-22-14-9-10-16(23-2)18(13-14)25(20,21)19-11-5-3-4-7-15(19)17-8-6-12-24-17/h6,8-10,12-13,15H,3-5,7,11H2,1-2H3/t15-/m1/s1. The molecule has 136 valence electrons. The highest BCUT2D eigenvalue weighted by Crippen LogP contribution is 2.39. The van der Waals surface area contributed by atoms with Crippen LogP contribution < -0.4 is 9.47 Å². The predicted molar refractivity (Wildman–Crippen MR) is 99.0 cm³/mol. The van der Waals surface area contributed by atoms with E-state index in [4.69, 9.17) is 9.47 Å². The topological polar surface area (TPSA) is 55.8 Å². The minimum atomic E-state index is -3.70. The fraction of sp³-hybridized carbons (Fsp3) is 0.444. The molecule has 1 saturated heterocycles. The quantitative estimate of drug-likeness (QED) is 0.783. The number of hydrogen-bond acceptors (Lipinski definition) is 5. The van der Waals surface area contributed by atoms with Crippen LogP contribution in [0.1, 0.15) is 36.6 Å². The zero-order chi connectivity index (χ0) is 17.9. The van der Waals surface area contributed by atoms with Crippen LogP contribution in [0.3, 0.4) is 0 Å². The highest BCUT2D eigenvalue weighted by atomic mass is 32.2. The van der Waals surface area contributed by atoms with E-state index in [1.54, 1.807) is 33.8 Å². The van der Waals surface area contributed by atoms with Crippen molar-refractivity contribution in [2.24, 2.45) is 0 Å². The molecule has 0 spiro atoms. The van der Waals surface area contributed by atoms with E-state index in [1.165, 1.54) is 14.2 Å². The number of sulfonamides is 1. The van der Waals surface area contributed by atoms with E-state index in [0.717, 1.165) is 30.6 Å². The molecule has 1 fully saturated rings. The molecule has 0 amide bonds. The molecule has 1 aliphatic rings. The molecule has 0 N–H and O–H groups in total. The maximum atomic E-state index is 13.5. The Hall–Kier alpha value is -1.57. The summed E-state index contributed by atoms with van der Waals surface area (Å²) in [6.45, 7) is 0.519. The lowest BCUT2D eigenvalue weighted by Crippen LogP contribution is -2.34. The Morgan fingerprint density at radius 3 is 2.64 bits per heavy atom. The number of benzene rings is 1. The van der Waals surface area contributed by atoms with Gasteiger partial charge in [-0.05, 0) is 36.4 Å². The van der Waals surface area contributed by atoms with Crippen LogP contribution in [0.25, 0.3) is 0 Å². The van der Waals surface area contributed by atoms with Gasteiger partial charge < -0.3 is 9.47 Å². The highest BCUT2D eigenvalue weighted by molar-refractivity contribution is 7.89. The molecule has 0 radical (unpaired) electrons. The molecular weight excluding hydrogens is 358 g/mol. The predicted octanol–water partition coefficient (Wildman–Crippen LogP) is 4.07. The van der Waals surface area contributed by atoms with Crippen LogP contribution in [-0.2, 0) is 10.0 Å². The molecule has 25 heavy (non-hydrogen) atoms. The van der Waals surface area contributed by atoms with Gasteiger partial charge in [-0.1, -0.05) is 18.9 Å². The Morgan fingerprint density at radius 2 is 1.96 bits per heavy atom. The summed E-state index contributed by atoms with van der Waals surface area (Å²) in [6, 6.07) is 8.77. The molecule has 3 rings (SSSR count). The van der Waals surface area contributed by atoms with Gasteiger partial charge in [-0.15, -0.1) is 11.3 Å². The van der Waals surface area contributed by atoms with Crippen LogP contribution in [0.2, 0.25) is 0 Å². The molecule has 7 heteroatoms. The van der Waals surface area contributed by atoms with Gasteiger partial charge in [-0.3, -0.25) is 0 Å². The third-order valence-electron chi connectivity index (χ3n) is 4.53. The van der Waals surface area contributed by atoms with Crippen molar-refractivity contribution < 1.29 is 17.9 Å². The van der Waals surface area contributed by atoms with E-state index >= 15 is 0 Å². The molecule has 0 aliphatic carbocycles. The second kappa shape index (κ2) is 7.76. The molecule has 1 aromatic carbocycles. The molecule has 2 aromatic rings. The maximum absolute atomic E-state index is 13.5. The number of nitrogens with zero attached hydrogens (tertiary/aromatic N) is 1. The van der Waals surface area contributed by atoms with Gasteiger partial charge in [0.25, 0.3) is 0 Å². The molecule has 1 atom stereocenters. The number of rotatable bonds is 5. The summed E-state index contributed by atoms with van der Waals surface area (Å²) >= 11 is 1.61. The first-order chi connectivity index (χ1) is 12.1. The van der Waals surface area contributed by atoms with Crippen LogP contribution in [-0.4, -0.2) is 33.5 Å². The second-order valence-electron chi connectivity index (χ2n) is 6.01. The monoisotopic (exact) mass is 381 g/mol. The highest BCUT2D eigenvalue weighted by Gasteiger charge is 2.35. The first kappa shape index (κ1) is 18.2. The van der Waals surface area contributed by atoms with Crippen molar-refractivity contribution in [2.45, 2.75) is 36.6 Å². The van der Waals surface area contributed by atoms with Gasteiger partial charge in [0.1, 0.15) is 16.4 Å².